The lowest BCUT2D eigenvalue weighted by molar-refractivity contribution is -0.131. The second kappa shape index (κ2) is 4.91. The molecule has 92 valence electrons. The highest BCUT2D eigenvalue weighted by Crippen LogP contribution is 2.36. The van der Waals surface area contributed by atoms with Gasteiger partial charge in [0.05, 0.1) is 0 Å². The molecule has 0 fully saturated rings. The molecule has 0 bridgehead atoms. The normalized spacial score (nSPS) is 11.0. The van der Waals surface area contributed by atoms with Crippen molar-refractivity contribution in [1.82, 2.24) is 0 Å². The van der Waals surface area contributed by atoms with E-state index in [1.54, 1.807) is 20.8 Å². The molecule has 0 aromatic heterocycles. The number of carboxylic acids is 1. The van der Waals surface area contributed by atoms with E-state index in [-0.39, 0.29) is 17.9 Å². The zero-order chi connectivity index (χ0) is 13.2. The predicted octanol–water partition coefficient (Wildman–Crippen LogP) is 2.21. The number of carbonyl (C=O) groups is 1. The first kappa shape index (κ1) is 13.1. The molecule has 3 N–H and O–H groups in total. The molecule has 17 heavy (non-hydrogen) atoms. The van der Waals surface area contributed by atoms with E-state index >= 15 is 0 Å². The van der Waals surface area contributed by atoms with Gasteiger partial charge in [0.15, 0.2) is 0 Å². The second-order valence-electron chi connectivity index (χ2n) is 4.00. The number of aromatic hydroxyl groups is 2. The smallest absolute Gasteiger partial charge is 0.327 e. The number of rotatable bonds is 3. The molecule has 0 saturated heterocycles. The van der Waals surface area contributed by atoms with Crippen molar-refractivity contribution in [2.75, 3.05) is 0 Å². The molecule has 1 rings (SSSR count). The third-order valence-corrected chi connectivity index (χ3v) is 2.95. The maximum atomic E-state index is 10.3. The zero-order valence-electron chi connectivity index (χ0n) is 10.1. The summed E-state index contributed by atoms with van der Waals surface area (Å²) >= 11 is 0. The van der Waals surface area contributed by atoms with Gasteiger partial charge in [0.1, 0.15) is 11.5 Å². The summed E-state index contributed by atoms with van der Waals surface area (Å²) in [6.45, 7) is 5.15. The molecule has 4 heteroatoms. The van der Waals surface area contributed by atoms with E-state index in [9.17, 15) is 15.0 Å². The Kier molecular flexibility index (Phi) is 3.78. The first-order valence-corrected chi connectivity index (χ1v) is 5.26. The Bertz CT molecular complexity index is 458. The summed E-state index contributed by atoms with van der Waals surface area (Å²) in [6, 6.07) is 0. The number of phenolic OH excluding ortho intramolecular Hbond substituents is 2. The summed E-state index contributed by atoms with van der Waals surface area (Å²) in [5.74, 6) is -0.762. The van der Waals surface area contributed by atoms with Gasteiger partial charge >= 0.3 is 5.97 Å². The average Bonchev–Trinajstić information content (AvgIpc) is 2.28. The fraction of sp³-hybridized carbons (Fsp3) is 0.308. The Balaban J connectivity index is 3.20. The highest BCUT2D eigenvalue weighted by atomic mass is 16.4. The SMILES string of the molecule is Cc1c(C)c(O)c(CC=CC(=O)O)c(C)c1O. The van der Waals surface area contributed by atoms with E-state index in [1.807, 2.05) is 0 Å². The molecule has 4 nitrogen and oxygen atoms in total. The summed E-state index contributed by atoms with van der Waals surface area (Å²) in [5, 5.41) is 28.3. The van der Waals surface area contributed by atoms with E-state index in [0.717, 1.165) is 6.08 Å². The van der Waals surface area contributed by atoms with E-state index in [2.05, 4.69) is 0 Å². The fourth-order valence-electron chi connectivity index (χ4n) is 1.71. The third kappa shape index (κ3) is 2.58. The van der Waals surface area contributed by atoms with Crippen molar-refractivity contribution in [3.63, 3.8) is 0 Å². The van der Waals surface area contributed by atoms with Crippen molar-refractivity contribution in [3.8, 4) is 11.5 Å². The molecular weight excluding hydrogens is 220 g/mol. The van der Waals surface area contributed by atoms with Crippen LogP contribution in [-0.4, -0.2) is 21.3 Å². The highest BCUT2D eigenvalue weighted by Gasteiger charge is 2.15. The Morgan fingerprint density at radius 3 is 2.12 bits per heavy atom. The van der Waals surface area contributed by atoms with Gasteiger partial charge in [-0.3, -0.25) is 0 Å². The summed E-state index contributed by atoms with van der Waals surface area (Å²) in [7, 11) is 0. The van der Waals surface area contributed by atoms with E-state index in [0.29, 0.717) is 22.3 Å². The molecule has 1 aromatic rings. The number of allylic oxidation sites excluding steroid dienone is 1. The molecule has 0 heterocycles. The maximum absolute atomic E-state index is 10.3. The number of hydrogen-bond acceptors (Lipinski definition) is 3. The van der Waals surface area contributed by atoms with Gasteiger partial charge < -0.3 is 15.3 Å². The molecule has 0 amide bonds. The fourth-order valence-corrected chi connectivity index (χ4v) is 1.71. The van der Waals surface area contributed by atoms with Crippen LogP contribution < -0.4 is 0 Å². The molecule has 0 unspecified atom stereocenters. The number of benzene rings is 1. The minimum Gasteiger partial charge on any atom is -0.507 e. The van der Waals surface area contributed by atoms with Gasteiger partial charge in [-0.1, -0.05) is 6.08 Å². The van der Waals surface area contributed by atoms with Gasteiger partial charge in [0, 0.05) is 11.6 Å². The standard InChI is InChI=1S/C13H16O4/c1-7-8(2)13(17)10(9(3)12(7)16)5-4-6-11(14)15/h4,6,16-17H,5H2,1-3H3,(H,14,15). The van der Waals surface area contributed by atoms with Gasteiger partial charge in [0.25, 0.3) is 0 Å². The summed E-state index contributed by atoms with van der Waals surface area (Å²) in [5.41, 5.74) is 2.40. The van der Waals surface area contributed by atoms with Gasteiger partial charge in [-0.2, -0.15) is 0 Å². The van der Waals surface area contributed by atoms with Crippen LogP contribution in [0, 0.1) is 20.8 Å². The summed E-state index contributed by atoms with van der Waals surface area (Å²) in [6.07, 6.45) is 2.74. The average molecular weight is 236 g/mol. The number of aliphatic carboxylic acids is 1. The monoisotopic (exact) mass is 236 g/mol. The quantitative estimate of drug-likeness (QED) is 0.555. The Morgan fingerprint density at radius 1 is 1.06 bits per heavy atom. The number of hydrogen-bond donors (Lipinski definition) is 3. The Morgan fingerprint density at radius 2 is 1.59 bits per heavy atom. The van der Waals surface area contributed by atoms with Crippen LogP contribution >= 0.6 is 0 Å². The maximum Gasteiger partial charge on any atom is 0.327 e. The summed E-state index contributed by atoms with van der Waals surface area (Å²) < 4.78 is 0. The van der Waals surface area contributed by atoms with Crippen LogP contribution in [0.15, 0.2) is 12.2 Å². The molecule has 0 radical (unpaired) electrons. The Hall–Kier alpha value is -1.97. The molecule has 1 aromatic carbocycles. The van der Waals surface area contributed by atoms with E-state index < -0.39 is 5.97 Å². The van der Waals surface area contributed by atoms with Gasteiger partial charge in [-0.05, 0) is 43.9 Å². The number of phenols is 2. The van der Waals surface area contributed by atoms with Crippen LogP contribution in [0.4, 0.5) is 0 Å². The Labute approximate surface area is 99.8 Å². The largest absolute Gasteiger partial charge is 0.507 e. The zero-order valence-corrected chi connectivity index (χ0v) is 10.1. The molecule has 0 aliphatic heterocycles. The lowest BCUT2D eigenvalue weighted by Gasteiger charge is -2.14. The first-order chi connectivity index (χ1) is 7.86. The summed E-state index contributed by atoms with van der Waals surface area (Å²) in [4.78, 5) is 10.3. The van der Waals surface area contributed by atoms with Gasteiger partial charge in [-0.15, -0.1) is 0 Å². The van der Waals surface area contributed by atoms with E-state index in [4.69, 9.17) is 5.11 Å². The van der Waals surface area contributed by atoms with Gasteiger partial charge in [0.2, 0.25) is 0 Å². The topological polar surface area (TPSA) is 77.8 Å². The highest BCUT2D eigenvalue weighted by molar-refractivity contribution is 5.79. The molecular formula is C13H16O4. The molecule has 0 spiro atoms. The minimum absolute atomic E-state index is 0.118. The third-order valence-electron chi connectivity index (χ3n) is 2.95. The predicted molar refractivity (Wildman–Crippen MR) is 64.5 cm³/mol. The van der Waals surface area contributed by atoms with Crippen molar-refractivity contribution in [2.24, 2.45) is 0 Å². The van der Waals surface area contributed by atoms with Crippen molar-refractivity contribution >= 4 is 5.97 Å². The van der Waals surface area contributed by atoms with E-state index in [1.165, 1.54) is 6.08 Å². The molecule has 0 aliphatic carbocycles. The van der Waals surface area contributed by atoms with Crippen LogP contribution in [0.2, 0.25) is 0 Å². The van der Waals surface area contributed by atoms with Crippen LogP contribution in [-0.2, 0) is 11.2 Å². The minimum atomic E-state index is -1.03. The van der Waals surface area contributed by atoms with Crippen LogP contribution in [0.1, 0.15) is 22.3 Å². The molecule has 0 atom stereocenters. The van der Waals surface area contributed by atoms with Crippen LogP contribution in [0.5, 0.6) is 11.5 Å². The van der Waals surface area contributed by atoms with Crippen LogP contribution in [0.3, 0.4) is 0 Å². The molecule has 0 aliphatic rings. The lowest BCUT2D eigenvalue weighted by Crippen LogP contribution is -1.96. The van der Waals surface area contributed by atoms with Crippen molar-refractivity contribution in [3.05, 3.63) is 34.4 Å². The van der Waals surface area contributed by atoms with Crippen molar-refractivity contribution in [1.29, 1.82) is 0 Å². The van der Waals surface area contributed by atoms with Crippen LogP contribution in [0.25, 0.3) is 0 Å². The van der Waals surface area contributed by atoms with Crippen molar-refractivity contribution < 1.29 is 20.1 Å². The molecule has 0 saturated carbocycles. The van der Waals surface area contributed by atoms with Gasteiger partial charge in [-0.25, -0.2) is 4.79 Å². The number of carboxylic acid groups (broad SMARTS) is 1. The lowest BCUT2D eigenvalue weighted by atomic mass is 9.95. The first-order valence-electron chi connectivity index (χ1n) is 5.26. The second-order valence-corrected chi connectivity index (χ2v) is 4.00. The van der Waals surface area contributed by atoms with Crippen molar-refractivity contribution in [2.45, 2.75) is 27.2 Å².